The lowest BCUT2D eigenvalue weighted by molar-refractivity contribution is -0.136. The fraction of sp³-hybridized carbons (Fsp3) is 0.286. The summed E-state index contributed by atoms with van der Waals surface area (Å²) in [5.41, 5.74) is 4.07. The van der Waals surface area contributed by atoms with E-state index in [2.05, 4.69) is 0 Å². The molecule has 0 heterocycles. The fourth-order valence-electron chi connectivity index (χ4n) is 3.70. The van der Waals surface area contributed by atoms with E-state index in [1.54, 1.807) is 6.07 Å². The maximum absolute atomic E-state index is 11.6. The number of carbonyl (C=O) groups is 2. The summed E-state index contributed by atoms with van der Waals surface area (Å²) in [5, 5.41) is 19.2. The van der Waals surface area contributed by atoms with Crippen molar-refractivity contribution in [2.75, 3.05) is 13.2 Å². The zero-order chi connectivity index (χ0) is 24.5. The first-order chi connectivity index (χ1) is 16.4. The fourth-order valence-corrected chi connectivity index (χ4v) is 3.70. The Balaban J connectivity index is 1.62. The van der Waals surface area contributed by atoms with Crippen LogP contribution in [0, 0.1) is 0 Å². The molecule has 0 radical (unpaired) electrons. The third kappa shape index (κ3) is 6.61. The summed E-state index contributed by atoms with van der Waals surface area (Å²) in [6, 6.07) is 18.9. The van der Waals surface area contributed by atoms with Gasteiger partial charge in [0.15, 0.2) is 5.78 Å². The topological polar surface area (TPSA) is 93.1 Å². The highest BCUT2D eigenvalue weighted by Gasteiger charge is 2.13. The molecule has 0 fully saturated rings. The second-order valence-corrected chi connectivity index (χ2v) is 8.02. The van der Waals surface area contributed by atoms with Crippen LogP contribution >= 0.6 is 0 Å². The zero-order valence-electron chi connectivity index (χ0n) is 19.5. The first-order valence-corrected chi connectivity index (χ1v) is 11.4. The smallest absolute Gasteiger partial charge is 0.303 e. The lowest BCUT2D eigenvalue weighted by atomic mass is 10.00. The standard InChI is InChI=1S/C28H30O6/c1-3-20-17-24(19(2)29)25(30)18-27(20)34-15-7-14-33-26-12-10-22(21-8-5-4-6-9-21)16-23(26)11-13-28(31)32/h4-6,8-10,12,16-18,30H,3,7,11,13-15H2,1-2H3,(H,31,32). The Morgan fingerprint density at radius 3 is 2.21 bits per heavy atom. The molecule has 0 atom stereocenters. The summed E-state index contributed by atoms with van der Waals surface area (Å²) < 4.78 is 11.8. The van der Waals surface area contributed by atoms with E-state index in [1.165, 1.54) is 13.0 Å². The molecule has 0 aliphatic rings. The lowest BCUT2D eigenvalue weighted by Gasteiger charge is -2.15. The number of carbonyl (C=O) groups excluding carboxylic acids is 1. The van der Waals surface area contributed by atoms with Crippen molar-refractivity contribution in [1.82, 2.24) is 0 Å². The number of aryl methyl sites for hydroxylation is 2. The highest BCUT2D eigenvalue weighted by atomic mass is 16.5. The summed E-state index contributed by atoms with van der Waals surface area (Å²) >= 11 is 0. The Labute approximate surface area is 199 Å². The molecule has 0 spiro atoms. The van der Waals surface area contributed by atoms with Crippen LogP contribution in [0.25, 0.3) is 11.1 Å². The molecule has 3 aromatic carbocycles. The minimum atomic E-state index is -0.852. The van der Waals surface area contributed by atoms with E-state index in [4.69, 9.17) is 14.6 Å². The SMILES string of the molecule is CCc1cc(C(C)=O)c(O)cc1OCCCOc1ccc(-c2ccccc2)cc1CCC(=O)O. The highest BCUT2D eigenvalue weighted by molar-refractivity contribution is 5.97. The van der Waals surface area contributed by atoms with E-state index >= 15 is 0 Å². The summed E-state index contributed by atoms with van der Waals surface area (Å²) in [6.45, 7) is 4.15. The van der Waals surface area contributed by atoms with Gasteiger partial charge in [0.2, 0.25) is 0 Å². The Morgan fingerprint density at radius 1 is 0.853 bits per heavy atom. The van der Waals surface area contributed by atoms with Crippen molar-refractivity contribution in [3.05, 3.63) is 77.4 Å². The van der Waals surface area contributed by atoms with E-state index in [9.17, 15) is 14.7 Å². The molecule has 3 rings (SSSR count). The Morgan fingerprint density at radius 2 is 1.56 bits per heavy atom. The van der Waals surface area contributed by atoms with Crippen LogP contribution in [-0.4, -0.2) is 35.2 Å². The molecule has 0 amide bonds. The number of aromatic hydroxyl groups is 1. The van der Waals surface area contributed by atoms with Crippen LogP contribution in [0.4, 0.5) is 0 Å². The predicted molar refractivity (Wildman–Crippen MR) is 131 cm³/mol. The zero-order valence-corrected chi connectivity index (χ0v) is 19.5. The number of ketones is 1. The number of hydrogen-bond acceptors (Lipinski definition) is 5. The van der Waals surface area contributed by atoms with Crippen LogP contribution in [0.15, 0.2) is 60.7 Å². The van der Waals surface area contributed by atoms with Crippen molar-refractivity contribution in [1.29, 1.82) is 0 Å². The molecule has 2 N–H and O–H groups in total. The van der Waals surface area contributed by atoms with E-state index < -0.39 is 5.97 Å². The first kappa shape index (κ1) is 24.8. The molecule has 178 valence electrons. The molecule has 0 saturated heterocycles. The molecule has 3 aromatic rings. The molecule has 0 aliphatic carbocycles. The maximum atomic E-state index is 11.6. The van der Waals surface area contributed by atoms with Crippen LogP contribution in [0.5, 0.6) is 17.2 Å². The first-order valence-electron chi connectivity index (χ1n) is 11.4. The van der Waals surface area contributed by atoms with Gasteiger partial charge in [0.05, 0.1) is 18.8 Å². The van der Waals surface area contributed by atoms with Crippen LogP contribution in [-0.2, 0) is 17.6 Å². The van der Waals surface area contributed by atoms with E-state index in [1.807, 2.05) is 55.5 Å². The summed E-state index contributed by atoms with van der Waals surface area (Å²) in [4.78, 5) is 22.8. The maximum Gasteiger partial charge on any atom is 0.303 e. The number of Topliss-reactive ketones (excluding diaryl/α,β-unsaturated/α-hetero) is 1. The monoisotopic (exact) mass is 462 g/mol. The minimum Gasteiger partial charge on any atom is -0.507 e. The van der Waals surface area contributed by atoms with Crippen LogP contribution < -0.4 is 9.47 Å². The third-order valence-electron chi connectivity index (χ3n) is 5.52. The molecular weight excluding hydrogens is 432 g/mol. The average molecular weight is 463 g/mol. The number of rotatable bonds is 12. The van der Waals surface area contributed by atoms with Gasteiger partial charge in [-0.25, -0.2) is 0 Å². The Bertz CT molecular complexity index is 1140. The van der Waals surface area contributed by atoms with Gasteiger partial charge < -0.3 is 19.7 Å². The third-order valence-corrected chi connectivity index (χ3v) is 5.52. The second-order valence-electron chi connectivity index (χ2n) is 8.02. The van der Waals surface area contributed by atoms with Crippen molar-refractivity contribution in [3.63, 3.8) is 0 Å². The number of phenols is 1. The molecular formula is C28H30O6. The number of aliphatic carboxylic acids is 1. The Hall–Kier alpha value is -3.80. The van der Waals surface area contributed by atoms with E-state index in [0.717, 1.165) is 22.3 Å². The number of carboxylic acid groups (broad SMARTS) is 1. The van der Waals surface area contributed by atoms with Crippen molar-refractivity contribution in [2.24, 2.45) is 0 Å². The average Bonchev–Trinajstić information content (AvgIpc) is 2.83. The van der Waals surface area contributed by atoms with Gasteiger partial charge in [-0.1, -0.05) is 43.3 Å². The van der Waals surface area contributed by atoms with Crippen LogP contribution in [0.3, 0.4) is 0 Å². The van der Waals surface area contributed by atoms with Crippen molar-refractivity contribution < 1.29 is 29.3 Å². The molecule has 0 aliphatic heterocycles. The molecule has 0 saturated carbocycles. The highest BCUT2D eigenvalue weighted by Crippen LogP contribution is 2.30. The summed E-state index contributed by atoms with van der Waals surface area (Å²) in [6.07, 6.45) is 1.67. The van der Waals surface area contributed by atoms with Gasteiger partial charge in [0, 0.05) is 18.9 Å². The van der Waals surface area contributed by atoms with Gasteiger partial charge in [0.1, 0.15) is 17.2 Å². The van der Waals surface area contributed by atoms with Gasteiger partial charge in [-0.2, -0.15) is 0 Å². The number of benzene rings is 3. The van der Waals surface area contributed by atoms with Crippen molar-refractivity contribution in [2.45, 2.75) is 39.5 Å². The summed E-state index contributed by atoms with van der Waals surface area (Å²) in [5.74, 6) is 0.0925. The molecule has 34 heavy (non-hydrogen) atoms. The predicted octanol–water partition coefficient (Wildman–Crippen LogP) is 5.69. The van der Waals surface area contributed by atoms with E-state index in [-0.39, 0.29) is 18.0 Å². The molecule has 6 nitrogen and oxygen atoms in total. The molecule has 0 aromatic heterocycles. The van der Waals surface area contributed by atoms with Crippen molar-refractivity contribution in [3.8, 4) is 28.4 Å². The molecule has 6 heteroatoms. The van der Waals surface area contributed by atoms with Gasteiger partial charge in [0.25, 0.3) is 0 Å². The second kappa shape index (κ2) is 11.9. The van der Waals surface area contributed by atoms with Gasteiger partial charge >= 0.3 is 5.97 Å². The quantitative estimate of drug-likeness (QED) is 0.265. The largest absolute Gasteiger partial charge is 0.507 e. The lowest BCUT2D eigenvalue weighted by Crippen LogP contribution is -2.08. The normalized spacial score (nSPS) is 10.6. The van der Waals surface area contributed by atoms with E-state index in [0.29, 0.717) is 49.5 Å². The Kier molecular flexibility index (Phi) is 8.68. The number of phenolic OH excluding ortho intramolecular Hbond substituents is 1. The summed E-state index contributed by atoms with van der Waals surface area (Å²) in [7, 11) is 0. The molecule has 0 bridgehead atoms. The number of carboxylic acids is 1. The van der Waals surface area contributed by atoms with Gasteiger partial charge in [-0.3, -0.25) is 9.59 Å². The minimum absolute atomic E-state index is 0.0251. The molecule has 0 unspecified atom stereocenters. The number of ether oxygens (including phenoxy) is 2. The number of hydrogen-bond donors (Lipinski definition) is 2. The van der Waals surface area contributed by atoms with Crippen LogP contribution in [0.2, 0.25) is 0 Å². The van der Waals surface area contributed by atoms with Gasteiger partial charge in [-0.05, 0) is 60.2 Å². The van der Waals surface area contributed by atoms with Crippen molar-refractivity contribution >= 4 is 11.8 Å². The van der Waals surface area contributed by atoms with Gasteiger partial charge in [-0.15, -0.1) is 0 Å². The van der Waals surface area contributed by atoms with Crippen LogP contribution in [0.1, 0.15) is 48.2 Å².